The van der Waals surface area contributed by atoms with Gasteiger partial charge < -0.3 is 10.1 Å². The van der Waals surface area contributed by atoms with E-state index in [1.165, 1.54) is 24.5 Å². The summed E-state index contributed by atoms with van der Waals surface area (Å²) in [5.74, 6) is 0.107. The second kappa shape index (κ2) is 8.04. The first-order valence-corrected chi connectivity index (χ1v) is 10.7. The van der Waals surface area contributed by atoms with Crippen LogP contribution in [0.5, 0.6) is 5.75 Å². The number of aryl methyl sites for hydroxylation is 1. The summed E-state index contributed by atoms with van der Waals surface area (Å²) in [6.45, 7) is 1.93. The minimum Gasteiger partial charge on any atom is -0.497 e. The number of carbonyl (C=O) groups is 1. The number of thiophene rings is 1. The molecule has 1 aromatic heterocycles. The molecule has 3 aromatic rings. The minimum absolute atomic E-state index is 0.0269. The van der Waals surface area contributed by atoms with Crippen molar-refractivity contribution < 1.29 is 17.9 Å². The largest absolute Gasteiger partial charge is 0.497 e. The maximum Gasteiger partial charge on any atom is 0.267 e. The third-order valence-corrected chi connectivity index (χ3v) is 7.07. The van der Waals surface area contributed by atoms with Crippen molar-refractivity contribution in [2.24, 2.45) is 0 Å². The van der Waals surface area contributed by atoms with Crippen LogP contribution >= 0.6 is 11.3 Å². The van der Waals surface area contributed by atoms with E-state index < -0.39 is 15.9 Å². The Bertz CT molecular complexity index is 1090. The van der Waals surface area contributed by atoms with Crippen molar-refractivity contribution in [3.8, 4) is 5.75 Å². The Labute approximate surface area is 168 Å². The van der Waals surface area contributed by atoms with Crippen LogP contribution in [0.15, 0.2) is 64.9 Å². The molecule has 0 radical (unpaired) electrons. The quantitative estimate of drug-likeness (QED) is 0.655. The summed E-state index contributed by atoms with van der Waals surface area (Å²) < 4.78 is 32.5. The van der Waals surface area contributed by atoms with Crippen molar-refractivity contribution in [3.63, 3.8) is 0 Å². The molecule has 3 rings (SSSR count). The number of ether oxygens (including phenoxy) is 1. The number of sulfonamides is 1. The lowest BCUT2D eigenvalue weighted by Crippen LogP contribution is -2.28. The predicted octanol–water partition coefficient (Wildman–Crippen LogP) is 4.14. The van der Waals surface area contributed by atoms with Gasteiger partial charge in [-0.15, -0.1) is 11.3 Å². The van der Waals surface area contributed by atoms with E-state index in [4.69, 9.17) is 4.74 Å². The minimum atomic E-state index is -3.88. The zero-order valence-electron chi connectivity index (χ0n) is 15.7. The van der Waals surface area contributed by atoms with Gasteiger partial charge in [0.05, 0.1) is 12.8 Å². The van der Waals surface area contributed by atoms with Gasteiger partial charge in [-0.2, -0.15) is 0 Å². The fourth-order valence-corrected chi connectivity index (χ4v) is 5.09. The molecule has 0 fully saturated rings. The van der Waals surface area contributed by atoms with E-state index in [0.29, 0.717) is 17.1 Å². The van der Waals surface area contributed by atoms with E-state index in [1.54, 1.807) is 41.8 Å². The van der Waals surface area contributed by atoms with Crippen LogP contribution in [0, 0.1) is 6.92 Å². The number of hydrogen-bond donors (Lipinski definition) is 1. The smallest absolute Gasteiger partial charge is 0.267 e. The van der Waals surface area contributed by atoms with Gasteiger partial charge in [-0.3, -0.25) is 9.10 Å². The topological polar surface area (TPSA) is 75.7 Å². The number of anilines is 2. The van der Waals surface area contributed by atoms with Crippen molar-refractivity contribution in [1.82, 2.24) is 0 Å². The first-order valence-electron chi connectivity index (χ1n) is 8.41. The SMILES string of the molecule is COc1cccc(NC(=O)c2sccc2S(=O)(=O)N(C)c2ccc(C)cc2)c1. The van der Waals surface area contributed by atoms with Gasteiger partial charge in [0.1, 0.15) is 15.5 Å². The highest BCUT2D eigenvalue weighted by molar-refractivity contribution is 7.93. The molecule has 0 saturated carbocycles. The van der Waals surface area contributed by atoms with Gasteiger partial charge in [-0.25, -0.2) is 8.42 Å². The maximum atomic E-state index is 13.1. The molecule has 1 amide bonds. The van der Waals surface area contributed by atoms with Crippen LogP contribution in [-0.2, 0) is 10.0 Å². The van der Waals surface area contributed by atoms with Gasteiger partial charge in [-0.1, -0.05) is 23.8 Å². The maximum absolute atomic E-state index is 13.1. The number of nitrogens with zero attached hydrogens (tertiary/aromatic N) is 1. The van der Waals surface area contributed by atoms with Crippen LogP contribution in [-0.4, -0.2) is 28.5 Å². The Balaban J connectivity index is 1.89. The zero-order valence-corrected chi connectivity index (χ0v) is 17.3. The standard InChI is InChI=1S/C20H20N2O4S2/c1-14-7-9-16(10-8-14)22(2)28(24,25)18-11-12-27-19(18)20(23)21-15-5-4-6-17(13-15)26-3/h4-13H,1-3H3,(H,21,23). The zero-order chi connectivity index (χ0) is 20.3. The van der Waals surface area contributed by atoms with Gasteiger partial charge in [0.2, 0.25) is 0 Å². The molecule has 8 heteroatoms. The van der Waals surface area contributed by atoms with Crippen molar-refractivity contribution in [2.75, 3.05) is 23.8 Å². The molecule has 0 unspecified atom stereocenters. The number of amides is 1. The second-order valence-electron chi connectivity index (χ2n) is 6.11. The van der Waals surface area contributed by atoms with Crippen LogP contribution in [0.25, 0.3) is 0 Å². The van der Waals surface area contributed by atoms with Gasteiger partial charge >= 0.3 is 0 Å². The van der Waals surface area contributed by atoms with Crippen molar-refractivity contribution in [2.45, 2.75) is 11.8 Å². The predicted molar refractivity (Wildman–Crippen MR) is 112 cm³/mol. The molecule has 146 valence electrons. The monoisotopic (exact) mass is 416 g/mol. The van der Waals surface area contributed by atoms with E-state index in [1.807, 2.05) is 19.1 Å². The van der Waals surface area contributed by atoms with E-state index in [2.05, 4.69) is 5.32 Å². The summed E-state index contributed by atoms with van der Waals surface area (Å²) in [6.07, 6.45) is 0. The molecular formula is C20H20N2O4S2. The van der Waals surface area contributed by atoms with Gasteiger partial charge in [-0.05, 0) is 42.6 Å². The second-order valence-corrected chi connectivity index (χ2v) is 8.96. The fraction of sp³-hybridized carbons (Fsp3) is 0.150. The van der Waals surface area contributed by atoms with Crippen molar-refractivity contribution in [1.29, 1.82) is 0 Å². The van der Waals surface area contributed by atoms with Crippen molar-refractivity contribution >= 4 is 38.6 Å². The number of methoxy groups -OCH3 is 1. The molecule has 2 aromatic carbocycles. The van der Waals surface area contributed by atoms with E-state index in [9.17, 15) is 13.2 Å². The number of nitrogens with one attached hydrogen (secondary N) is 1. The molecule has 0 atom stereocenters. The van der Waals surface area contributed by atoms with Gasteiger partial charge in [0, 0.05) is 18.8 Å². The Morgan fingerprint density at radius 1 is 1.11 bits per heavy atom. The Morgan fingerprint density at radius 2 is 1.82 bits per heavy atom. The van der Waals surface area contributed by atoms with E-state index in [0.717, 1.165) is 16.9 Å². The lowest BCUT2D eigenvalue weighted by Gasteiger charge is -2.19. The highest BCUT2D eigenvalue weighted by Gasteiger charge is 2.28. The molecular weight excluding hydrogens is 396 g/mol. The lowest BCUT2D eigenvalue weighted by atomic mass is 10.2. The average molecular weight is 417 g/mol. The normalized spacial score (nSPS) is 11.1. The van der Waals surface area contributed by atoms with Crippen LogP contribution in [0.4, 0.5) is 11.4 Å². The molecule has 0 spiro atoms. The number of hydrogen-bond acceptors (Lipinski definition) is 5. The Morgan fingerprint density at radius 3 is 2.50 bits per heavy atom. The van der Waals surface area contributed by atoms with Gasteiger partial charge in [0.15, 0.2) is 0 Å². The van der Waals surface area contributed by atoms with E-state index in [-0.39, 0.29) is 9.77 Å². The summed E-state index contributed by atoms with van der Waals surface area (Å²) in [4.78, 5) is 12.8. The van der Waals surface area contributed by atoms with Crippen molar-refractivity contribution in [3.05, 3.63) is 70.4 Å². The average Bonchev–Trinajstić information content (AvgIpc) is 3.19. The van der Waals surface area contributed by atoms with Crippen LogP contribution in [0.1, 0.15) is 15.2 Å². The number of rotatable bonds is 6. The molecule has 0 aliphatic rings. The summed E-state index contributed by atoms with van der Waals surface area (Å²) in [5, 5.41) is 4.32. The van der Waals surface area contributed by atoms with Crippen LogP contribution in [0.2, 0.25) is 0 Å². The highest BCUT2D eigenvalue weighted by atomic mass is 32.2. The highest BCUT2D eigenvalue weighted by Crippen LogP contribution is 2.29. The third-order valence-electron chi connectivity index (χ3n) is 4.20. The molecule has 0 bridgehead atoms. The van der Waals surface area contributed by atoms with E-state index >= 15 is 0 Å². The molecule has 1 N–H and O–H groups in total. The number of benzene rings is 2. The fourth-order valence-electron chi connectivity index (χ4n) is 2.60. The molecule has 1 heterocycles. The first kappa shape index (κ1) is 19.9. The summed E-state index contributed by atoms with van der Waals surface area (Å²) >= 11 is 1.08. The molecule has 28 heavy (non-hydrogen) atoms. The number of carbonyl (C=O) groups excluding carboxylic acids is 1. The summed E-state index contributed by atoms with van der Waals surface area (Å²) in [6, 6.07) is 15.5. The Kier molecular flexibility index (Phi) is 5.71. The van der Waals surface area contributed by atoms with Crippen LogP contribution < -0.4 is 14.4 Å². The summed E-state index contributed by atoms with van der Waals surface area (Å²) in [7, 11) is -0.877. The summed E-state index contributed by atoms with van der Waals surface area (Å²) in [5.41, 5.74) is 2.08. The van der Waals surface area contributed by atoms with Gasteiger partial charge in [0.25, 0.3) is 15.9 Å². The molecule has 0 saturated heterocycles. The molecule has 0 aliphatic heterocycles. The molecule has 0 aliphatic carbocycles. The lowest BCUT2D eigenvalue weighted by molar-refractivity contribution is 0.102. The van der Waals surface area contributed by atoms with Crippen LogP contribution in [0.3, 0.4) is 0 Å². The molecule has 6 nitrogen and oxygen atoms in total. The third kappa shape index (κ3) is 4.02. The Hall–Kier alpha value is -2.84. The first-order chi connectivity index (χ1) is 13.3.